The van der Waals surface area contributed by atoms with Gasteiger partial charge in [-0.1, -0.05) is 35.3 Å². The van der Waals surface area contributed by atoms with E-state index in [2.05, 4.69) is 10.3 Å². The van der Waals surface area contributed by atoms with Crippen molar-refractivity contribution in [2.24, 2.45) is 5.73 Å². The number of rotatable bonds is 5. The van der Waals surface area contributed by atoms with Gasteiger partial charge in [-0.25, -0.2) is 4.98 Å². The number of carbonyl (C=O) groups is 1. The van der Waals surface area contributed by atoms with Crippen molar-refractivity contribution in [1.82, 2.24) is 4.98 Å². The topological polar surface area (TPSA) is 81.2 Å². The molecular weight excluding hydrogens is 349 g/mol. The molecule has 0 unspecified atom stereocenters. The number of carbonyl (C=O) groups excluding carboxylic acids is 1. The zero-order valence-electron chi connectivity index (χ0n) is 12.4. The Balaban J connectivity index is 1.76. The number of nitrogens with zero attached hydrogens (tertiary/aromatic N) is 1. The fraction of sp³-hybridized carbons (Fsp3) is 0.0588. The van der Waals surface area contributed by atoms with Crippen LogP contribution in [0, 0.1) is 0 Å². The first-order chi connectivity index (χ1) is 11.5. The second kappa shape index (κ2) is 6.95. The van der Waals surface area contributed by atoms with Crippen molar-refractivity contribution in [2.45, 2.75) is 6.54 Å². The smallest absolute Gasteiger partial charge is 0.250 e. The van der Waals surface area contributed by atoms with Crippen LogP contribution in [-0.4, -0.2) is 10.9 Å². The second-order valence-corrected chi connectivity index (χ2v) is 5.91. The number of hydrogen-bond donors (Lipinski definition) is 2. The Morgan fingerprint density at radius 1 is 1.17 bits per heavy atom. The number of nitrogens with two attached hydrogens (primary N) is 1. The molecule has 0 bridgehead atoms. The van der Waals surface area contributed by atoms with Crippen molar-refractivity contribution < 1.29 is 9.21 Å². The summed E-state index contributed by atoms with van der Waals surface area (Å²) in [5.41, 5.74) is 7.07. The average molecular weight is 362 g/mol. The van der Waals surface area contributed by atoms with Crippen molar-refractivity contribution in [1.29, 1.82) is 0 Å². The van der Waals surface area contributed by atoms with Crippen molar-refractivity contribution in [3.8, 4) is 11.3 Å². The minimum atomic E-state index is -0.563. The third kappa shape index (κ3) is 3.69. The number of halogens is 2. The molecule has 5 nitrogen and oxygen atoms in total. The van der Waals surface area contributed by atoms with Gasteiger partial charge in [-0.3, -0.25) is 4.79 Å². The summed E-state index contributed by atoms with van der Waals surface area (Å²) in [5.74, 6) is 0.517. The van der Waals surface area contributed by atoms with Gasteiger partial charge in [0, 0.05) is 21.3 Å². The second-order valence-electron chi connectivity index (χ2n) is 5.04. The molecule has 122 valence electrons. The molecule has 0 aliphatic heterocycles. The van der Waals surface area contributed by atoms with E-state index in [1.807, 2.05) is 12.1 Å². The fourth-order valence-corrected chi connectivity index (χ4v) is 2.57. The predicted molar refractivity (Wildman–Crippen MR) is 94.2 cm³/mol. The Morgan fingerprint density at radius 3 is 2.71 bits per heavy atom. The third-order valence-corrected chi connectivity index (χ3v) is 3.81. The van der Waals surface area contributed by atoms with Crippen LogP contribution in [0.3, 0.4) is 0 Å². The zero-order valence-corrected chi connectivity index (χ0v) is 13.9. The summed E-state index contributed by atoms with van der Waals surface area (Å²) in [5, 5.41) is 4.13. The summed E-state index contributed by atoms with van der Waals surface area (Å²) >= 11 is 11.9. The number of hydrogen-bond acceptors (Lipinski definition) is 4. The van der Waals surface area contributed by atoms with Gasteiger partial charge in [0.1, 0.15) is 0 Å². The van der Waals surface area contributed by atoms with E-state index in [0.29, 0.717) is 39.5 Å². The Kier molecular flexibility index (Phi) is 4.74. The first-order valence-corrected chi connectivity index (χ1v) is 7.82. The van der Waals surface area contributed by atoms with Crippen LogP contribution in [0.4, 0.5) is 5.69 Å². The van der Waals surface area contributed by atoms with E-state index in [4.69, 9.17) is 33.4 Å². The van der Waals surface area contributed by atoms with E-state index in [9.17, 15) is 4.79 Å². The number of nitrogens with one attached hydrogen (secondary N) is 1. The molecular formula is C17H13Cl2N3O2. The largest absolute Gasteiger partial charge is 0.439 e. The zero-order chi connectivity index (χ0) is 17.1. The van der Waals surface area contributed by atoms with Gasteiger partial charge >= 0.3 is 0 Å². The van der Waals surface area contributed by atoms with Gasteiger partial charge in [0.15, 0.2) is 5.76 Å². The maximum atomic E-state index is 11.5. The van der Waals surface area contributed by atoms with Crippen molar-refractivity contribution in [3.05, 3.63) is 70.2 Å². The maximum Gasteiger partial charge on any atom is 0.250 e. The Bertz CT molecular complexity index is 893. The third-order valence-electron chi connectivity index (χ3n) is 3.34. The van der Waals surface area contributed by atoms with Crippen molar-refractivity contribution in [2.75, 3.05) is 5.32 Å². The summed E-state index contributed by atoms with van der Waals surface area (Å²) in [7, 11) is 0. The molecule has 24 heavy (non-hydrogen) atoms. The van der Waals surface area contributed by atoms with E-state index in [1.54, 1.807) is 30.5 Å². The highest BCUT2D eigenvalue weighted by molar-refractivity contribution is 6.31. The molecule has 1 amide bonds. The lowest BCUT2D eigenvalue weighted by molar-refractivity contribution is 0.100. The minimum Gasteiger partial charge on any atom is -0.439 e. The summed E-state index contributed by atoms with van der Waals surface area (Å²) in [6.07, 6.45) is 1.62. The highest BCUT2D eigenvalue weighted by atomic mass is 35.5. The van der Waals surface area contributed by atoms with Gasteiger partial charge in [-0.05, 0) is 30.3 Å². The van der Waals surface area contributed by atoms with Crippen LogP contribution in [0.15, 0.2) is 53.1 Å². The molecule has 0 aliphatic carbocycles. The first-order valence-electron chi connectivity index (χ1n) is 7.07. The molecule has 0 spiro atoms. The Labute approximate surface area is 148 Å². The van der Waals surface area contributed by atoms with Crippen LogP contribution >= 0.6 is 23.2 Å². The number of oxazole rings is 1. The number of benzene rings is 2. The van der Waals surface area contributed by atoms with E-state index in [0.717, 1.165) is 5.56 Å². The normalized spacial score (nSPS) is 10.6. The van der Waals surface area contributed by atoms with Crippen LogP contribution in [0.2, 0.25) is 10.0 Å². The quantitative estimate of drug-likeness (QED) is 0.707. The van der Waals surface area contributed by atoms with Crippen LogP contribution < -0.4 is 11.1 Å². The van der Waals surface area contributed by atoms with Gasteiger partial charge < -0.3 is 15.5 Å². The standard InChI is InChI=1S/C17H13Cl2N3O2/c18-11-3-1-2-10(6-11)15-8-22-16(24-15)9-21-14-5-4-12(19)7-13(14)17(20)23/h1-8,21H,9H2,(H2,20,23). The van der Waals surface area contributed by atoms with Gasteiger partial charge in [0.05, 0.1) is 18.3 Å². The summed E-state index contributed by atoms with van der Waals surface area (Å²) in [6, 6.07) is 12.2. The molecule has 0 atom stereocenters. The molecule has 3 N–H and O–H groups in total. The predicted octanol–water partition coefficient (Wildman–Crippen LogP) is 4.36. The van der Waals surface area contributed by atoms with Crippen LogP contribution in [-0.2, 0) is 6.54 Å². The number of primary amides is 1. The van der Waals surface area contributed by atoms with E-state index < -0.39 is 5.91 Å². The fourth-order valence-electron chi connectivity index (χ4n) is 2.21. The lowest BCUT2D eigenvalue weighted by Crippen LogP contribution is -2.14. The van der Waals surface area contributed by atoms with Gasteiger partial charge in [-0.2, -0.15) is 0 Å². The highest BCUT2D eigenvalue weighted by Crippen LogP contribution is 2.24. The van der Waals surface area contributed by atoms with Gasteiger partial charge in [-0.15, -0.1) is 0 Å². The summed E-state index contributed by atoms with van der Waals surface area (Å²) in [6.45, 7) is 0.294. The first kappa shape index (κ1) is 16.4. The maximum absolute atomic E-state index is 11.5. The monoisotopic (exact) mass is 361 g/mol. The molecule has 0 radical (unpaired) electrons. The van der Waals surface area contributed by atoms with Gasteiger partial charge in [0.2, 0.25) is 5.89 Å². The summed E-state index contributed by atoms with van der Waals surface area (Å²) in [4.78, 5) is 15.7. The molecule has 7 heteroatoms. The average Bonchev–Trinajstić information content (AvgIpc) is 3.02. The molecule has 1 heterocycles. The molecule has 2 aromatic carbocycles. The SMILES string of the molecule is NC(=O)c1cc(Cl)ccc1NCc1ncc(-c2cccc(Cl)c2)o1. The molecule has 1 aromatic heterocycles. The van der Waals surface area contributed by atoms with E-state index in [1.165, 1.54) is 6.07 Å². The molecule has 0 saturated carbocycles. The lowest BCUT2D eigenvalue weighted by atomic mass is 10.1. The number of aromatic nitrogens is 1. The van der Waals surface area contributed by atoms with Crippen molar-refractivity contribution >= 4 is 34.8 Å². The van der Waals surface area contributed by atoms with Crippen LogP contribution in [0.1, 0.15) is 16.2 Å². The van der Waals surface area contributed by atoms with Crippen LogP contribution in [0.25, 0.3) is 11.3 Å². The molecule has 3 rings (SSSR count). The van der Waals surface area contributed by atoms with E-state index >= 15 is 0 Å². The lowest BCUT2D eigenvalue weighted by Gasteiger charge is -2.08. The minimum absolute atomic E-state index is 0.294. The molecule has 0 aliphatic rings. The Morgan fingerprint density at radius 2 is 1.96 bits per heavy atom. The van der Waals surface area contributed by atoms with E-state index in [-0.39, 0.29) is 0 Å². The van der Waals surface area contributed by atoms with Crippen LogP contribution in [0.5, 0.6) is 0 Å². The molecule has 0 fully saturated rings. The Hall–Kier alpha value is -2.50. The highest BCUT2D eigenvalue weighted by Gasteiger charge is 2.11. The van der Waals surface area contributed by atoms with Gasteiger partial charge in [0.25, 0.3) is 5.91 Å². The number of anilines is 1. The summed E-state index contributed by atoms with van der Waals surface area (Å²) < 4.78 is 5.70. The van der Waals surface area contributed by atoms with Crippen molar-refractivity contribution in [3.63, 3.8) is 0 Å². The number of amides is 1. The molecule has 0 saturated heterocycles. The molecule has 3 aromatic rings.